The van der Waals surface area contributed by atoms with Crippen LogP contribution in [0.3, 0.4) is 0 Å². The number of rotatable bonds is 4. The van der Waals surface area contributed by atoms with Crippen LogP contribution < -0.4 is 10.1 Å². The average Bonchev–Trinajstić information content (AvgIpc) is 3.06. The van der Waals surface area contributed by atoms with E-state index in [1.165, 1.54) is 6.07 Å². The van der Waals surface area contributed by atoms with Crippen molar-refractivity contribution in [2.75, 3.05) is 13.1 Å². The van der Waals surface area contributed by atoms with E-state index in [0.29, 0.717) is 5.02 Å². The molecule has 1 fully saturated rings. The Morgan fingerprint density at radius 3 is 2.95 bits per heavy atom. The molecule has 1 aromatic carbocycles. The van der Waals surface area contributed by atoms with Crippen LogP contribution in [0.5, 0.6) is 5.75 Å². The summed E-state index contributed by atoms with van der Waals surface area (Å²) in [6.45, 7) is 3.62. The van der Waals surface area contributed by atoms with Crippen LogP contribution in [-0.2, 0) is 0 Å². The molecular weight excluding hydrogens is 303 g/mol. The lowest BCUT2D eigenvalue weighted by atomic mass is 9.96. The second kappa shape index (κ2) is 6.63. The highest BCUT2D eigenvalue weighted by atomic mass is 35.5. The highest BCUT2D eigenvalue weighted by Gasteiger charge is 2.29. The largest absolute Gasteiger partial charge is 0.481 e. The smallest absolute Gasteiger partial charge is 0.174 e. The number of nitrogens with one attached hydrogen (secondary N) is 1. The van der Waals surface area contributed by atoms with Gasteiger partial charge in [-0.25, -0.2) is 4.39 Å². The third-order valence-corrected chi connectivity index (χ3v) is 4.50. The van der Waals surface area contributed by atoms with Gasteiger partial charge in [-0.15, -0.1) is 0 Å². The Morgan fingerprint density at radius 1 is 1.41 bits per heavy atom. The molecule has 2 heterocycles. The van der Waals surface area contributed by atoms with Gasteiger partial charge in [0.05, 0.1) is 5.02 Å². The fourth-order valence-electron chi connectivity index (χ4n) is 2.78. The molecule has 1 aliphatic heterocycles. The zero-order valence-corrected chi connectivity index (χ0v) is 13.1. The average molecular weight is 321 g/mol. The van der Waals surface area contributed by atoms with Gasteiger partial charge in [-0.1, -0.05) is 23.7 Å². The summed E-state index contributed by atoms with van der Waals surface area (Å²) in [5.74, 6) is -0.0435. The first kappa shape index (κ1) is 15.3. The molecule has 0 radical (unpaired) electrons. The van der Waals surface area contributed by atoms with Crippen molar-refractivity contribution in [1.82, 2.24) is 10.3 Å². The number of pyridine rings is 1. The molecule has 0 bridgehead atoms. The maximum Gasteiger partial charge on any atom is 0.174 e. The molecule has 0 aliphatic carbocycles. The molecule has 0 amide bonds. The van der Waals surface area contributed by atoms with Gasteiger partial charge in [0.1, 0.15) is 6.10 Å². The first-order valence-electron chi connectivity index (χ1n) is 7.38. The van der Waals surface area contributed by atoms with E-state index >= 15 is 0 Å². The number of hydrogen-bond acceptors (Lipinski definition) is 3. The van der Waals surface area contributed by atoms with Gasteiger partial charge < -0.3 is 10.1 Å². The minimum atomic E-state index is -0.435. The van der Waals surface area contributed by atoms with Crippen molar-refractivity contribution in [3.8, 4) is 5.75 Å². The summed E-state index contributed by atoms with van der Waals surface area (Å²) in [4.78, 5) is 4.15. The Kier molecular flexibility index (Phi) is 4.60. The van der Waals surface area contributed by atoms with E-state index in [1.54, 1.807) is 18.5 Å². The highest BCUT2D eigenvalue weighted by molar-refractivity contribution is 6.32. The lowest BCUT2D eigenvalue weighted by Crippen LogP contribution is -2.22. The molecule has 5 heteroatoms. The summed E-state index contributed by atoms with van der Waals surface area (Å²) in [5, 5.41) is 3.66. The predicted molar refractivity (Wildman–Crippen MR) is 84.7 cm³/mol. The van der Waals surface area contributed by atoms with Crippen LogP contribution in [-0.4, -0.2) is 18.1 Å². The van der Waals surface area contributed by atoms with Gasteiger partial charge in [0.25, 0.3) is 0 Å². The number of hydrogen-bond donors (Lipinski definition) is 1. The molecule has 1 saturated heterocycles. The van der Waals surface area contributed by atoms with E-state index in [2.05, 4.69) is 10.3 Å². The summed E-state index contributed by atoms with van der Waals surface area (Å²) in [7, 11) is 0. The molecular formula is C17H18ClFN2O. The second-order valence-electron chi connectivity index (χ2n) is 5.59. The summed E-state index contributed by atoms with van der Waals surface area (Å²) in [6, 6.07) is 6.87. The Balaban J connectivity index is 1.95. The van der Waals surface area contributed by atoms with Crippen molar-refractivity contribution >= 4 is 11.6 Å². The number of nitrogens with zero attached hydrogens (tertiary/aromatic N) is 1. The van der Waals surface area contributed by atoms with Crippen LogP contribution in [0.1, 0.15) is 23.7 Å². The Hall–Kier alpha value is -1.65. The lowest BCUT2D eigenvalue weighted by molar-refractivity contribution is 0.138. The summed E-state index contributed by atoms with van der Waals surface area (Å²) >= 11 is 6.24. The Labute approximate surface area is 134 Å². The topological polar surface area (TPSA) is 34.1 Å². The molecule has 1 unspecified atom stereocenters. The van der Waals surface area contributed by atoms with E-state index < -0.39 is 5.82 Å². The number of aryl methyl sites for hydroxylation is 1. The predicted octanol–water partition coefficient (Wildman–Crippen LogP) is 3.91. The number of ether oxygens (including phenoxy) is 1. The molecule has 1 aliphatic rings. The van der Waals surface area contributed by atoms with Gasteiger partial charge in [0, 0.05) is 30.4 Å². The van der Waals surface area contributed by atoms with Gasteiger partial charge in [0.15, 0.2) is 11.6 Å². The minimum absolute atomic E-state index is 0.127. The monoisotopic (exact) mass is 320 g/mol. The van der Waals surface area contributed by atoms with Crippen molar-refractivity contribution in [1.29, 1.82) is 0 Å². The van der Waals surface area contributed by atoms with Crippen molar-refractivity contribution in [2.45, 2.75) is 19.4 Å². The van der Waals surface area contributed by atoms with Crippen molar-refractivity contribution in [3.05, 3.63) is 58.6 Å². The first-order chi connectivity index (χ1) is 10.7. The van der Waals surface area contributed by atoms with E-state index in [4.69, 9.17) is 16.3 Å². The molecule has 2 aromatic rings. The van der Waals surface area contributed by atoms with E-state index in [9.17, 15) is 4.39 Å². The van der Waals surface area contributed by atoms with Crippen LogP contribution in [0, 0.1) is 18.7 Å². The zero-order valence-electron chi connectivity index (χ0n) is 12.4. The van der Waals surface area contributed by atoms with Gasteiger partial charge in [0.2, 0.25) is 0 Å². The van der Waals surface area contributed by atoms with E-state index in [0.717, 1.165) is 30.6 Å². The molecule has 0 spiro atoms. The Bertz CT molecular complexity index is 645. The van der Waals surface area contributed by atoms with Crippen molar-refractivity contribution < 1.29 is 9.13 Å². The van der Waals surface area contributed by atoms with Crippen LogP contribution in [0.2, 0.25) is 5.02 Å². The van der Waals surface area contributed by atoms with Crippen LogP contribution >= 0.6 is 11.6 Å². The van der Waals surface area contributed by atoms with E-state index in [1.807, 2.05) is 19.1 Å². The number of halogens is 2. The van der Waals surface area contributed by atoms with Gasteiger partial charge in [-0.05, 0) is 37.6 Å². The molecule has 116 valence electrons. The van der Waals surface area contributed by atoms with Gasteiger partial charge in [-0.3, -0.25) is 4.98 Å². The SMILES string of the molecule is Cc1ccc(F)c(OC(c2cccnc2)[C@H]2CCNC2)c1Cl. The molecule has 3 rings (SSSR count). The summed E-state index contributed by atoms with van der Waals surface area (Å²) in [6.07, 6.45) is 4.19. The van der Waals surface area contributed by atoms with Crippen LogP contribution in [0.25, 0.3) is 0 Å². The fourth-order valence-corrected chi connectivity index (χ4v) is 2.98. The third kappa shape index (κ3) is 3.08. The molecule has 1 N–H and O–H groups in total. The summed E-state index contributed by atoms with van der Waals surface area (Å²) in [5.41, 5.74) is 1.74. The molecule has 3 nitrogen and oxygen atoms in total. The summed E-state index contributed by atoms with van der Waals surface area (Å²) < 4.78 is 20.2. The quantitative estimate of drug-likeness (QED) is 0.927. The highest BCUT2D eigenvalue weighted by Crippen LogP contribution is 2.37. The normalized spacial score (nSPS) is 19.1. The standard InChI is InChI=1S/C17H18ClFN2O/c1-11-4-5-14(19)17(15(11)18)22-16(13-6-8-21-10-13)12-3-2-7-20-9-12/h2-5,7,9,13,16,21H,6,8,10H2,1H3/t13-,16?/m0/s1. The fraction of sp³-hybridized carbons (Fsp3) is 0.353. The molecule has 1 aromatic heterocycles. The number of aromatic nitrogens is 1. The Morgan fingerprint density at radius 2 is 2.27 bits per heavy atom. The zero-order chi connectivity index (χ0) is 15.5. The first-order valence-corrected chi connectivity index (χ1v) is 7.76. The third-order valence-electron chi connectivity index (χ3n) is 4.03. The maximum atomic E-state index is 14.2. The molecule has 2 atom stereocenters. The van der Waals surface area contributed by atoms with Crippen LogP contribution in [0.4, 0.5) is 4.39 Å². The molecule has 0 saturated carbocycles. The van der Waals surface area contributed by atoms with E-state index in [-0.39, 0.29) is 17.8 Å². The number of benzene rings is 1. The lowest BCUT2D eigenvalue weighted by Gasteiger charge is -2.25. The minimum Gasteiger partial charge on any atom is -0.481 e. The second-order valence-corrected chi connectivity index (χ2v) is 5.96. The molecule has 22 heavy (non-hydrogen) atoms. The maximum absolute atomic E-state index is 14.2. The van der Waals surface area contributed by atoms with Crippen molar-refractivity contribution in [2.24, 2.45) is 5.92 Å². The van der Waals surface area contributed by atoms with Gasteiger partial charge >= 0.3 is 0 Å². The van der Waals surface area contributed by atoms with Crippen LogP contribution in [0.15, 0.2) is 36.7 Å². The van der Waals surface area contributed by atoms with Gasteiger partial charge in [-0.2, -0.15) is 0 Å². The van der Waals surface area contributed by atoms with Crippen molar-refractivity contribution in [3.63, 3.8) is 0 Å².